The van der Waals surface area contributed by atoms with Gasteiger partial charge in [-0.25, -0.2) is 18.5 Å². The maximum atomic E-state index is 11.2. The van der Waals surface area contributed by atoms with E-state index in [-0.39, 0.29) is 10.6 Å². The molecule has 6 nitrogen and oxygen atoms in total. The number of anilines is 1. The SMILES string of the molecule is CC1(C)C=C(CCCNc2cccc(S(N)(=O)=O)n2)C=N1. The van der Waals surface area contributed by atoms with Gasteiger partial charge in [0.2, 0.25) is 0 Å². The van der Waals surface area contributed by atoms with Gasteiger partial charge in [-0.2, -0.15) is 0 Å². The van der Waals surface area contributed by atoms with Crippen LogP contribution in [0.5, 0.6) is 0 Å². The molecule has 1 aromatic rings. The van der Waals surface area contributed by atoms with Crippen molar-refractivity contribution in [2.24, 2.45) is 10.1 Å². The van der Waals surface area contributed by atoms with Crippen LogP contribution in [0.25, 0.3) is 0 Å². The van der Waals surface area contributed by atoms with Crippen LogP contribution in [-0.2, 0) is 10.0 Å². The predicted octanol–water partition coefficient (Wildman–Crippen LogP) is 1.71. The van der Waals surface area contributed by atoms with Crippen LogP contribution in [0.4, 0.5) is 5.82 Å². The summed E-state index contributed by atoms with van der Waals surface area (Å²) in [5, 5.41) is 8.02. The van der Waals surface area contributed by atoms with Crippen molar-refractivity contribution in [1.82, 2.24) is 4.98 Å². The van der Waals surface area contributed by atoms with Crippen molar-refractivity contribution in [3.63, 3.8) is 0 Å². The molecule has 21 heavy (non-hydrogen) atoms. The molecule has 2 heterocycles. The van der Waals surface area contributed by atoms with Crippen molar-refractivity contribution in [2.75, 3.05) is 11.9 Å². The van der Waals surface area contributed by atoms with Crippen molar-refractivity contribution < 1.29 is 8.42 Å². The molecule has 7 heteroatoms. The highest BCUT2D eigenvalue weighted by Gasteiger charge is 2.17. The summed E-state index contributed by atoms with van der Waals surface area (Å²) < 4.78 is 22.4. The van der Waals surface area contributed by atoms with Crippen molar-refractivity contribution in [3.8, 4) is 0 Å². The molecular formula is C14H20N4O2S. The smallest absolute Gasteiger partial charge is 0.255 e. The number of nitrogens with zero attached hydrogens (tertiary/aromatic N) is 2. The van der Waals surface area contributed by atoms with E-state index in [4.69, 9.17) is 5.14 Å². The van der Waals surface area contributed by atoms with E-state index in [0.29, 0.717) is 12.4 Å². The lowest BCUT2D eigenvalue weighted by Gasteiger charge is -2.08. The number of hydrogen-bond acceptors (Lipinski definition) is 5. The molecule has 0 radical (unpaired) electrons. The van der Waals surface area contributed by atoms with Gasteiger partial charge in [0, 0.05) is 12.8 Å². The molecule has 0 aliphatic carbocycles. The van der Waals surface area contributed by atoms with Gasteiger partial charge in [0.15, 0.2) is 5.03 Å². The normalized spacial score (nSPS) is 16.8. The summed E-state index contributed by atoms with van der Waals surface area (Å²) >= 11 is 0. The summed E-state index contributed by atoms with van der Waals surface area (Å²) in [4.78, 5) is 8.37. The molecular weight excluding hydrogens is 288 g/mol. The molecule has 0 aromatic carbocycles. The fourth-order valence-electron chi connectivity index (χ4n) is 2.09. The molecule has 0 fully saturated rings. The first-order valence-electron chi connectivity index (χ1n) is 6.77. The summed E-state index contributed by atoms with van der Waals surface area (Å²) in [5.74, 6) is 0.510. The summed E-state index contributed by atoms with van der Waals surface area (Å²) in [6.07, 6.45) is 5.91. The van der Waals surface area contributed by atoms with Crippen LogP contribution in [0, 0.1) is 0 Å². The minimum atomic E-state index is -3.76. The average molecular weight is 308 g/mol. The Morgan fingerprint density at radius 3 is 2.71 bits per heavy atom. The highest BCUT2D eigenvalue weighted by molar-refractivity contribution is 7.89. The van der Waals surface area contributed by atoms with Gasteiger partial charge in [-0.1, -0.05) is 12.1 Å². The Balaban J connectivity index is 1.84. The first kappa shape index (κ1) is 15.7. The van der Waals surface area contributed by atoms with Gasteiger partial charge < -0.3 is 5.32 Å². The van der Waals surface area contributed by atoms with Crippen LogP contribution in [0.15, 0.2) is 39.9 Å². The minimum Gasteiger partial charge on any atom is -0.370 e. The monoisotopic (exact) mass is 308 g/mol. The number of nitrogens with two attached hydrogens (primary N) is 1. The molecule has 0 saturated carbocycles. The van der Waals surface area contributed by atoms with Crippen LogP contribution in [0.1, 0.15) is 26.7 Å². The largest absolute Gasteiger partial charge is 0.370 e. The zero-order valence-corrected chi connectivity index (χ0v) is 13.0. The molecule has 0 bridgehead atoms. The number of aliphatic imine (C=N–C) groups is 1. The number of sulfonamides is 1. The lowest BCUT2D eigenvalue weighted by molar-refractivity contribution is 0.594. The third kappa shape index (κ3) is 4.64. The number of hydrogen-bond donors (Lipinski definition) is 2. The van der Waals surface area contributed by atoms with Crippen molar-refractivity contribution in [1.29, 1.82) is 0 Å². The molecule has 0 atom stereocenters. The first-order valence-corrected chi connectivity index (χ1v) is 8.32. The van der Waals surface area contributed by atoms with Gasteiger partial charge in [0.25, 0.3) is 10.0 Å². The molecule has 0 spiro atoms. The Morgan fingerprint density at radius 2 is 2.10 bits per heavy atom. The molecule has 1 aliphatic heterocycles. The van der Waals surface area contributed by atoms with Crippen LogP contribution in [0.2, 0.25) is 0 Å². The van der Waals surface area contributed by atoms with Crippen LogP contribution in [0.3, 0.4) is 0 Å². The molecule has 0 unspecified atom stereocenters. The Morgan fingerprint density at radius 1 is 1.33 bits per heavy atom. The van der Waals surface area contributed by atoms with E-state index in [1.807, 2.05) is 6.21 Å². The maximum Gasteiger partial charge on any atom is 0.255 e. The molecule has 1 aliphatic rings. The summed E-state index contributed by atoms with van der Waals surface area (Å²) in [6.45, 7) is 4.83. The number of rotatable bonds is 6. The number of allylic oxidation sites excluding steroid dienone is 1. The molecule has 3 N–H and O–H groups in total. The van der Waals surface area contributed by atoms with E-state index in [1.54, 1.807) is 12.1 Å². The molecule has 2 rings (SSSR count). The quantitative estimate of drug-likeness (QED) is 0.782. The van der Waals surface area contributed by atoms with E-state index in [0.717, 1.165) is 12.8 Å². The Kier molecular flexibility index (Phi) is 4.43. The minimum absolute atomic E-state index is 0.0892. The van der Waals surface area contributed by atoms with Gasteiger partial charge >= 0.3 is 0 Å². The first-order chi connectivity index (χ1) is 9.76. The number of nitrogens with one attached hydrogen (secondary N) is 1. The highest BCUT2D eigenvalue weighted by Crippen LogP contribution is 2.21. The maximum absolute atomic E-state index is 11.2. The Labute approximate surface area is 125 Å². The van der Waals surface area contributed by atoms with Gasteiger partial charge in [-0.05, 0) is 44.4 Å². The van der Waals surface area contributed by atoms with Crippen LogP contribution >= 0.6 is 0 Å². The third-order valence-electron chi connectivity index (χ3n) is 3.07. The van der Waals surface area contributed by atoms with Gasteiger partial charge in [0.05, 0.1) is 5.54 Å². The fraction of sp³-hybridized carbons (Fsp3) is 0.429. The number of pyridine rings is 1. The second kappa shape index (κ2) is 5.95. The molecule has 114 valence electrons. The average Bonchev–Trinajstić information content (AvgIpc) is 2.74. The highest BCUT2D eigenvalue weighted by atomic mass is 32.2. The number of aromatic nitrogens is 1. The molecule has 0 amide bonds. The summed E-state index contributed by atoms with van der Waals surface area (Å²) in [6, 6.07) is 4.71. The topological polar surface area (TPSA) is 97.4 Å². The Hall–Kier alpha value is -1.73. The summed E-state index contributed by atoms with van der Waals surface area (Å²) in [7, 11) is -3.76. The third-order valence-corrected chi connectivity index (χ3v) is 3.88. The van der Waals surface area contributed by atoms with Gasteiger partial charge in [-0.3, -0.25) is 4.99 Å². The Bertz CT molecular complexity index is 678. The molecule has 0 saturated heterocycles. The lowest BCUT2D eigenvalue weighted by atomic mass is 10.0. The lowest BCUT2D eigenvalue weighted by Crippen LogP contribution is -2.15. The second-order valence-electron chi connectivity index (χ2n) is 5.57. The zero-order valence-electron chi connectivity index (χ0n) is 12.2. The van der Waals surface area contributed by atoms with Crippen LogP contribution in [-0.4, -0.2) is 31.7 Å². The summed E-state index contributed by atoms with van der Waals surface area (Å²) in [5.41, 5.74) is 1.14. The zero-order chi connectivity index (χ0) is 15.5. The predicted molar refractivity (Wildman–Crippen MR) is 84.0 cm³/mol. The fourth-order valence-corrected chi connectivity index (χ4v) is 2.59. The number of primary sulfonamides is 1. The van der Waals surface area contributed by atoms with E-state index in [9.17, 15) is 8.42 Å². The molecule has 1 aromatic heterocycles. The van der Waals surface area contributed by atoms with Gasteiger partial charge in [0.1, 0.15) is 5.82 Å². The van der Waals surface area contributed by atoms with Crippen LogP contribution < -0.4 is 10.5 Å². The van der Waals surface area contributed by atoms with Crippen molar-refractivity contribution >= 4 is 22.1 Å². The van der Waals surface area contributed by atoms with Crippen molar-refractivity contribution in [3.05, 3.63) is 29.8 Å². The second-order valence-corrected chi connectivity index (χ2v) is 7.08. The van der Waals surface area contributed by atoms with E-state index >= 15 is 0 Å². The van der Waals surface area contributed by atoms with E-state index < -0.39 is 10.0 Å². The van der Waals surface area contributed by atoms with E-state index in [2.05, 4.69) is 35.2 Å². The standard InChI is InChI=1S/C14H20N4O2S/c1-14(2)9-11(10-17-14)5-4-8-16-12-6-3-7-13(18-12)21(15,19)20/h3,6-7,9-10H,4-5,8H2,1-2H3,(H,16,18)(H2,15,19,20). The van der Waals surface area contributed by atoms with E-state index in [1.165, 1.54) is 11.6 Å². The van der Waals surface area contributed by atoms with Gasteiger partial charge in [-0.15, -0.1) is 0 Å². The van der Waals surface area contributed by atoms with Crippen molar-refractivity contribution in [2.45, 2.75) is 37.3 Å².